The lowest BCUT2D eigenvalue weighted by molar-refractivity contribution is -0.121. The summed E-state index contributed by atoms with van der Waals surface area (Å²) < 4.78 is 0.870. The van der Waals surface area contributed by atoms with E-state index in [2.05, 4.69) is 32.7 Å². The first-order valence-corrected chi connectivity index (χ1v) is 13.0. The van der Waals surface area contributed by atoms with E-state index in [1.807, 2.05) is 0 Å². The Morgan fingerprint density at radius 2 is 1.84 bits per heavy atom. The van der Waals surface area contributed by atoms with Gasteiger partial charge in [-0.2, -0.15) is 0 Å². The van der Waals surface area contributed by atoms with Crippen LogP contribution in [0, 0.1) is 11.8 Å². The highest BCUT2D eigenvalue weighted by Gasteiger charge is 2.30. The summed E-state index contributed by atoms with van der Waals surface area (Å²) in [5.74, 6) is 1.33. The lowest BCUT2D eigenvalue weighted by Crippen LogP contribution is -2.45. The largest absolute Gasteiger partial charge is 0.380 e. The fraction of sp³-hybridized carbons (Fsp3) is 0.667. The monoisotopic (exact) mass is 463 g/mol. The van der Waals surface area contributed by atoms with Gasteiger partial charge in [0.25, 0.3) is 10.9 Å². The molecular formula is C21H29N5O3S2. The Morgan fingerprint density at radius 1 is 1.10 bits per heavy atom. The zero-order chi connectivity index (χ0) is 21.8. The van der Waals surface area contributed by atoms with E-state index in [1.165, 1.54) is 17.8 Å². The maximum Gasteiger partial charge on any atom is 0.253 e. The Labute approximate surface area is 189 Å². The lowest BCUT2D eigenvalue weighted by atomic mass is 9.81. The molecule has 1 aromatic carbocycles. The number of carbonyl (C=O) groups excluding carboxylic acids is 1. The molecule has 2 heterocycles. The molecule has 1 saturated carbocycles. The van der Waals surface area contributed by atoms with Crippen LogP contribution in [-0.2, 0) is 4.79 Å². The molecule has 2 aliphatic rings. The van der Waals surface area contributed by atoms with Crippen LogP contribution >= 0.6 is 23.1 Å². The van der Waals surface area contributed by atoms with Crippen molar-refractivity contribution in [2.24, 2.45) is 11.8 Å². The first-order valence-electron chi connectivity index (χ1n) is 11.2. The summed E-state index contributed by atoms with van der Waals surface area (Å²) in [6, 6.07) is 0. The molecule has 0 spiro atoms. The highest BCUT2D eigenvalue weighted by Crippen LogP contribution is 2.32. The van der Waals surface area contributed by atoms with Crippen molar-refractivity contribution in [3.8, 4) is 0 Å². The second kappa shape index (κ2) is 10.1. The second-order valence-electron chi connectivity index (χ2n) is 8.32. The maximum absolute atomic E-state index is 12.6. The number of thioether (sulfide) groups is 1. The maximum atomic E-state index is 12.6. The van der Waals surface area contributed by atoms with Crippen molar-refractivity contribution in [3.05, 3.63) is 20.4 Å². The average Bonchev–Trinajstić information content (AvgIpc) is 3.24. The zero-order valence-corrected chi connectivity index (χ0v) is 19.4. The molecule has 31 heavy (non-hydrogen) atoms. The fourth-order valence-corrected chi connectivity index (χ4v) is 6.14. The van der Waals surface area contributed by atoms with Gasteiger partial charge in [0.1, 0.15) is 11.4 Å². The number of carbonyl (C=O) groups is 1. The number of piperidine rings is 1. The number of rotatable bonds is 8. The molecule has 1 aliphatic heterocycles. The highest BCUT2D eigenvalue weighted by atomic mass is 32.2. The van der Waals surface area contributed by atoms with Gasteiger partial charge in [0.2, 0.25) is 11.0 Å². The topological polar surface area (TPSA) is 104 Å². The van der Waals surface area contributed by atoms with Crippen LogP contribution in [0.2, 0.25) is 0 Å². The van der Waals surface area contributed by atoms with Crippen LogP contribution in [0.4, 0.5) is 16.5 Å². The van der Waals surface area contributed by atoms with E-state index in [9.17, 15) is 14.4 Å². The highest BCUT2D eigenvalue weighted by molar-refractivity contribution is 8.01. The smallest absolute Gasteiger partial charge is 0.253 e. The summed E-state index contributed by atoms with van der Waals surface area (Å²) in [6.45, 7) is 4.44. The van der Waals surface area contributed by atoms with Gasteiger partial charge in [-0.3, -0.25) is 14.4 Å². The van der Waals surface area contributed by atoms with Crippen molar-refractivity contribution in [2.45, 2.75) is 56.2 Å². The summed E-state index contributed by atoms with van der Waals surface area (Å²) in [5.41, 5.74) is 0.368. The Kier molecular flexibility index (Phi) is 7.27. The molecular weight excluding hydrogens is 434 g/mol. The third-order valence-electron chi connectivity index (χ3n) is 6.25. The van der Waals surface area contributed by atoms with Gasteiger partial charge in [-0.1, -0.05) is 30.0 Å². The summed E-state index contributed by atoms with van der Waals surface area (Å²) in [7, 11) is 0. The van der Waals surface area contributed by atoms with Crippen molar-refractivity contribution >= 4 is 45.5 Å². The first kappa shape index (κ1) is 22.3. The third-order valence-corrected chi connectivity index (χ3v) is 8.10. The Morgan fingerprint density at radius 3 is 2.55 bits per heavy atom. The summed E-state index contributed by atoms with van der Waals surface area (Å²) in [5, 5.41) is 14.9. The number of aromatic nitrogens is 2. The number of hydrogen-bond acceptors (Lipinski definition) is 9. The minimum Gasteiger partial charge on any atom is -0.380 e. The van der Waals surface area contributed by atoms with E-state index in [4.69, 9.17) is 0 Å². The molecule has 1 aliphatic carbocycles. The minimum atomic E-state index is -0.383. The van der Waals surface area contributed by atoms with E-state index in [0.29, 0.717) is 29.0 Å². The molecule has 0 radical (unpaired) electrons. The van der Waals surface area contributed by atoms with E-state index in [0.717, 1.165) is 61.7 Å². The fourth-order valence-electron chi connectivity index (χ4n) is 4.49. The van der Waals surface area contributed by atoms with Crippen LogP contribution in [0.1, 0.15) is 51.9 Å². The molecule has 2 fully saturated rings. The SMILES string of the molecule is CCSc1nnc(NC(=O)C2CCC(CNc3c(N4CCCCC4)c(=O)c3=O)CC2)s1. The number of nitrogens with one attached hydrogen (secondary N) is 2. The molecule has 0 unspecified atom stereocenters. The molecule has 10 heteroatoms. The van der Waals surface area contributed by atoms with E-state index in [-0.39, 0.29) is 22.7 Å². The Bertz CT molecular complexity index is 970. The Hall–Kier alpha value is -1.94. The van der Waals surface area contributed by atoms with Gasteiger partial charge in [-0.15, -0.1) is 10.2 Å². The van der Waals surface area contributed by atoms with Crippen LogP contribution < -0.4 is 26.4 Å². The van der Waals surface area contributed by atoms with Gasteiger partial charge in [-0.25, -0.2) is 0 Å². The Balaban J connectivity index is 1.24. The van der Waals surface area contributed by atoms with Crippen molar-refractivity contribution < 1.29 is 4.79 Å². The predicted molar refractivity (Wildman–Crippen MR) is 126 cm³/mol. The van der Waals surface area contributed by atoms with Crippen molar-refractivity contribution in [3.63, 3.8) is 0 Å². The van der Waals surface area contributed by atoms with Crippen molar-refractivity contribution in [2.75, 3.05) is 40.9 Å². The number of anilines is 3. The molecule has 1 saturated heterocycles. The zero-order valence-electron chi connectivity index (χ0n) is 17.8. The molecule has 1 amide bonds. The lowest BCUT2D eigenvalue weighted by Gasteiger charge is -2.32. The second-order valence-corrected chi connectivity index (χ2v) is 10.8. The van der Waals surface area contributed by atoms with Gasteiger partial charge in [0.05, 0.1) is 0 Å². The van der Waals surface area contributed by atoms with Crippen LogP contribution in [0.15, 0.2) is 13.9 Å². The minimum absolute atomic E-state index is 0.0162. The van der Waals surface area contributed by atoms with Gasteiger partial charge in [0, 0.05) is 25.6 Å². The van der Waals surface area contributed by atoms with Gasteiger partial charge < -0.3 is 15.5 Å². The molecule has 0 atom stereocenters. The molecule has 2 N–H and O–H groups in total. The van der Waals surface area contributed by atoms with Gasteiger partial charge in [0.15, 0.2) is 4.34 Å². The van der Waals surface area contributed by atoms with Crippen LogP contribution in [0.3, 0.4) is 0 Å². The normalized spacial score (nSPS) is 21.9. The van der Waals surface area contributed by atoms with E-state index >= 15 is 0 Å². The molecule has 0 bridgehead atoms. The van der Waals surface area contributed by atoms with E-state index in [1.54, 1.807) is 11.8 Å². The number of hydrogen-bond donors (Lipinski definition) is 2. The number of nitrogens with zero attached hydrogens (tertiary/aromatic N) is 3. The molecule has 8 nitrogen and oxygen atoms in total. The van der Waals surface area contributed by atoms with Crippen LogP contribution in [0.5, 0.6) is 0 Å². The summed E-state index contributed by atoms with van der Waals surface area (Å²) >= 11 is 3.03. The predicted octanol–water partition coefficient (Wildman–Crippen LogP) is 3.09. The molecule has 168 valence electrons. The third kappa shape index (κ3) is 5.11. The van der Waals surface area contributed by atoms with Crippen molar-refractivity contribution in [1.29, 1.82) is 0 Å². The standard InChI is InChI=1S/C21H29N5O3S2/c1-2-30-21-25-24-20(31-21)23-19(29)14-8-6-13(7-9-14)12-22-15-16(18(28)17(15)27)26-10-4-3-5-11-26/h13-14,22H,2-12H2,1H3,(H,23,24,29). The summed E-state index contributed by atoms with van der Waals surface area (Å²) in [6.07, 6.45) is 6.81. The summed E-state index contributed by atoms with van der Waals surface area (Å²) in [4.78, 5) is 38.8. The first-order chi connectivity index (χ1) is 15.1. The number of amides is 1. The van der Waals surface area contributed by atoms with Gasteiger partial charge >= 0.3 is 0 Å². The quantitative estimate of drug-likeness (QED) is 0.350. The average molecular weight is 464 g/mol. The van der Waals surface area contributed by atoms with E-state index < -0.39 is 0 Å². The van der Waals surface area contributed by atoms with Crippen LogP contribution in [-0.4, -0.2) is 41.5 Å². The molecule has 2 aromatic rings. The van der Waals surface area contributed by atoms with Crippen LogP contribution in [0.25, 0.3) is 0 Å². The van der Waals surface area contributed by atoms with Gasteiger partial charge in [-0.05, 0) is 56.6 Å². The molecule has 4 rings (SSSR count). The van der Waals surface area contributed by atoms with Crippen molar-refractivity contribution in [1.82, 2.24) is 10.2 Å². The molecule has 1 aromatic heterocycles.